The van der Waals surface area contributed by atoms with Crippen molar-refractivity contribution in [2.45, 2.75) is 0 Å². The number of nitriles is 1. The maximum atomic E-state index is 12.2. The summed E-state index contributed by atoms with van der Waals surface area (Å²) in [6.07, 6.45) is 2.49. The maximum absolute atomic E-state index is 12.2. The number of esters is 1. The van der Waals surface area contributed by atoms with E-state index in [1.165, 1.54) is 24.9 Å². The average molecular weight is 357 g/mol. The van der Waals surface area contributed by atoms with Crippen LogP contribution in [0.15, 0.2) is 34.1 Å². The third-order valence-corrected chi connectivity index (χ3v) is 4.44. The van der Waals surface area contributed by atoms with E-state index < -0.39 is 5.97 Å². The number of aliphatic imine (C=N–C) groups is 1. The van der Waals surface area contributed by atoms with Gasteiger partial charge in [0.05, 0.1) is 19.9 Å². The Morgan fingerprint density at radius 3 is 2.56 bits per heavy atom. The summed E-state index contributed by atoms with van der Waals surface area (Å²) in [7, 11) is 4.33. The summed E-state index contributed by atoms with van der Waals surface area (Å²) < 4.78 is 11.5. The van der Waals surface area contributed by atoms with Gasteiger partial charge in [0.15, 0.2) is 0 Å². The lowest BCUT2D eigenvalue weighted by atomic mass is 10.3. The molecule has 1 aromatic heterocycles. The quantitative estimate of drug-likeness (QED) is 0.586. The van der Waals surface area contributed by atoms with Crippen molar-refractivity contribution in [3.63, 3.8) is 0 Å². The molecule has 0 N–H and O–H groups in total. The van der Waals surface area contributed by atoms with E-state index in [-0.39, 0.29) is 15.7 Å². The molecule has 0 unspecified atom stereocenters. The average Bonchev–Trinajstić information content (AvgIpc) is 2.91. The molecule has 0 aliphatic rings. The number of benzene rings is 1. The van der Waals surface area contributed by atoms with Crippen LogP contribution in [0.1, 0.15) is 0 Å². The SMILES string of the molecule is COC(=O)C=c1sc(=C(C#N)C=Nc2ccc(OC)cc2)n(C)c1=O. The predicted molar refractivity (Wildman–Crippen MR) is 95.5 cm³/mol. The van der Waals surface area contributed by atoms with Crippen molar-refractivity contribution in [1.82, 2.24) is 4.57 Å². The van der Waals surface area contributed by atoms with Crippen molar-refractivity contribution in [3.8, 4) is 11.8 Å². The Labute approximate surface area is 147 Å². The van der Waals surface area contributed by atoms with Gasteiger partial charge in [0.25, 0.3) is 5.56 Å². The zero-order valence-electron chi connectivity index (χ0n) is 13.8. The number of rotatable bonds is 4. The zero-order chi connectivity index (χ0) is 18.4. The number of carbonyl (C=O) groups excluding carboxylic acids is 1. The molecule has 0 fully saturated rings. The van der Waals surface area contributed by atoms with Crippen LogP contribution in [0, 0.1) is 11.3 Å². The first kappa shape index (κ1) is 18.2. The van der Waals surface area contributed by atoms with E-state index in [0.717, 1.165) is 17.4 Å². The van der Waals surface area contributed by atoms with Gasteiger partial charge in [-0.3, -0.25) is 9.79 Å². The second-order valence-corrected chi connectivity index (χ2v) is 5.82. The van der Waals surface area contributed by atoms with E-state index in [1.54, 1.807) is 31.4 Å². The van der Waals surface area contributed by atoms with Gasteiger partial charge in [-0.25, -0.2) is 4.79 Å². The van der Waals surface area contributed by atoms with Crippen LogP contribution >= 0.6 is 11.3 Å². The van der Waals surface area contributed by atoms with E-state index in [1.807, 2.05) is 6.07 Å². The summed E-state index contributed by atoms with van der Waals surface area (Å²) in [5.74, 6) is 0.0722. The van der Waals surface area contributed by atoms with Crippen LogP contribution in [-0.4, -0.2) is 31.0 Å². The summed E-state index contributed by atoms with van der Waals surface area (Å²) in [4.78, 5) is 27.7. The Bertz CT molecular complexity index is 1020. The highest BCUT2D eigenvalue weighted by atomic mass is 32.1. The molecule has 0 spiro atoms. The van der Waals surface area contributed by atoms with E-state index in [9.17, 15) is 14.9 Å². The largest absolute Gasteiger partial charge is 0.497 e. The molecule has 8 heteroatoms. The maximum Gasteiger partial charge on any atom is 0.332 e. The van der Waals surface area contributed by atoms with Gasteiger partial charge in [0, 0.05) is 19.3 Å². The van der Waals surface area contributed by atoms with Crippen molar-refractivity contribution < 1.29 is 14.3 Å². The fourth-order valence-corrected chi connectivity index (χ4v) is 2.92. The topological polar surface area (TPSA) is 93.7 Å². The molecule has 128 valence electrons. The third-order valence-electron chi connectivity index (χ3n) is 3.24. The molecule has 0 amide bonds. The van der Waals surface area contributed by atoms with Crippen LogP contribution in [0.2, 0.25) is 0 Å². The third kappa shape index (κ3) is 4.22. The molecule has 2 rings (SSSR count). The summed E-state index contributed by atoms with van der Waals surface area (Å²) in [6.45, 7) is 0. The molecule has 0 bridgehead atoms. The molecule has 0 radical (unpaired) electrons. The Balaban J connectivity index is 2.52. The molecule has 7 nitrogen and oxygen atoms in total. The van der Waals surface area contributed by atoms with Crippen LogP contribution in [0.25, 0.3) is 11.6 Å². The number of ether oxygens (including phenoxy) is 2. The predicted octanol–water partition coefficient (Wildman–Crippen LogP) is 0.486. The van der Waals surface area contributed by atoms with E-state index in [4.69, 9.17) is 4.74 Å². The van der Waals surface area contributed by atoms with Gasteiger partial charge in [0.2, 0.25) is 0 Å². The summed E-state index contributed by atoms with van der Waals surface area (Å²) in [5, 5.41) is 9.38. The second kappa shape index (κ2) is 8.08. The van der Waals surface area contributed by atoms with Crippen LogP contribution in [0.4, 0.5) is 5.69 Å². The number of carbonyl (C=O) groups is 1. The van der Waals surface area contributed by atoms with Crippen molar-refractivity contribution in [2.24, 2.45) is 12.0 Å². The molecule has 2 aromatic rings. The minimum absolute atomic E-state index is 0.190. The van der Waals surface area contributed by atoms with Crippen LogP contribution in [0.5, 0.6) is 5.75 Å². The smallest absolute Gasteiger partial charge is 0.332 e. The molecule has 1 aromatic carbocycles. The van der Waals surface area contributed by atoms with Gasteiger partial charge in [-0.05, 0) is 24.3 Å². The van der Waals surface area contributed by atoms with Gasteiger partial charge in [-0.15, -0.1) is 11.3 Å². The van der Waals surface area contributed by atoms with Gasteiger partial charge in [-0.1, -0.05) is 0 Å². The lowest BCUT2D eigenvalue weighted by molar-refractivity contribution is -0.133. The molecule has 0 aliphatic carbocycles. The minimum atomic E-state index is -0.629. The normalized spacial score (nSPS) is 12.8. The number of nitrogens with zero attached hydrogens (tertiary/aromatic N) is 3. The van der Waals surface area contributed by atoms with Crippen molar-refractivity contribution >= 4 is 40.9 Å². The number of aromatic nitrogens is 1. The van der Waals surface area contributed by atoms with Gasteiger partial charge < -0.3 is 14.0 Å². The fourth-order valence-electron chi connectivity index (χ4n) is 1.91. The lowest BCUT2D eigenvalue weighted by Gasteiger charge is -1.98. The first-order valence-corrected chi connectivity index (χ1v) is 7.89. The highest BCUT2D eigenvalue weighted by Gasteiger charge is 2.06. The number of hydrogen-bond donors (Lipinski definition) is 0. The Kier molecular flexibility index (Phi) is 5.87. The summed E-state index contributed by atoms with van der Waals surface area (Å²) in [6, 6.07) is 9.02. The van der Waals surface area contributed by atoms with Gasteiger partial charge >= 0.3 is 5.97 Å². The van der Waals surface area contributed by atoms with Crippen molar-refractivity contribution in [1.29, 1.82) is 5.26 Å². The van der Waals surface area contributed by atoms with E-state index in [0.29, 0.717) is 16.1 Å². The van der Waals surface area contributed by atoms with Crippen LogP contribution in [-0.2, 0) is 16.6 Å². The first-order chi connectivity index (χ1) is 12.0. The van der Waals surface area contributed by atoms with E-state index in [2.05, 4.69) is 9.73 Å². The molecule has 0 atom stereocenters. The standard InChI is InChI=1S/C17H15N3O4S/c1-20-16(22)14(8-15(21)24-3)25-17(20)11(9-18)10-19-12-4-6-13(23-2)7-5-12/h4-8,10H,1-3H3. The van der Waals surface area contributed by atoms with Crippen LogP contribution < -0.4 is 19.5 Å². The minimum Gasteiger partial charge on any atom is -0.497 e. The molecular formula is C17H15N3O4S. The monoisotopic (exact) mass is 357 g/mol. The lowest BCUT2D eigenvalue weighted by Crippen LogP contribution is -2.30. The Morgan fingerprint density at radius 2 is 2.00 bits per heavy atom. The fraction of sp³-hybridized carbons (Fsp3) is 0.176. The number of thiazole rings is 1. The highest BCUT2D eigenvalue weighted by molar-refractivity contribution is 7.07. The molecule has 0 aliphatic heterocycles. The highest BCUT2D eigenvalue weighted by Crippen LogP contribution is 2.17. The number of hydrogen-bond acceptors (Lipinski definition) is 7. The van der Waals surface area contributed by atoms with Gasteiger partial charge in [0.1, 0.15) is 26.6 Å². The molecule has 25 heavy (non-hydrogen) atoms. The Morgan fingerprint density at radius 1 is 1.32 bits per heavy atom. The Hall–Kier alpha value is -3.18. The second-order valence-electron chi connectivity index (χ2n) is 4.78. The zero-order valence-corrected chi connectivity index (χ0v) is 14.7. The van der Waals surface area contributed by atoms with Crippen LogP contribution in [0.3, 0.4) is 0 Å². The first-order valence-electron chi connectivity index (χ1n) is 7.08. The van der Waals surface area contributed by atoms with Gasteiger partial charge in [-0.2, -0.15) is 5.26 Å². The molecular weight excluding hydrogens is 342 g/mol. The van der Waals surface area contributed by atoms with Crippen molar-refractivity contribution in [3.05, 3.63) is 43.8 Å². The van der Waals surface area contributed by atoms with E-state index >= 15 is 0 Å². The van der Waals surface area contributed by atoms with Crippen molar-refractivity contribution in [2.75, 3.05) is 14.2 Å². The number of methoxy groups -OCH3 is 2. The molecule has 0 saturated carbocycles. The summed E-state index contributed by atoms with van der Waals surface area (Å²) in [5.41, 5.74) is 0.470. The molecule has 0 saturated heterocycles. The summed E-state index contributed by atoms with van der Waals surface area (Å²) >= 11 is 1.03. The molecule has 1 heterocycles.